The molecule has 0 amide bonds. The van der Waals surface area contributed by atoms with Crippen molar-refractivity contribution in [1.82, 2.24) is 3.93 Å². The average molecular weight is 340 g/mol. The standard InChI is InChI=1S/C15H22BrN3O/c1-14(2,3)18-13(19(16)15(4,5)6)17-11-7-9-12(20)10-8-11/h7-10H,1-6H3. The van der Waals surface area contributed by atoms with Crippen LogP contribution in [0.4, 0.5) is 0 Å². The van der Waals surface area contributed by atoms with Crippen LogP contribution in [0.1, 0.15) is 41.5 Å². The van der Waals surface area contributed by atoms with Crippen LogP contribution in [0.15, 0.2) is 34.3 Å². The maximum Gasteiger partial charge on any atom is 0.232 e. The van der Waals surface area contributed by atoms with Gasteiger partial charge in [0.25, 0.3) is 0 Å². The molecule has 0 spiro atoms. The third-order valence-corrected chi connectivity index (χ3v) is 3.65. The molecular formula is C15H22BrN3O. The Bertz CT molecular complexity index is 484. The van der Waals surface area contributed by atoms with Gasteiger partial charge in [0.05, 0.1) is 27.4 Å². The van der Waals surface area contributed by atoms with Crippen LogP contribution in [0.3, 0.4) is 0 Å². The first kappa shape index (κ1) is 16.8. The maximum atomic E-state index is 11.1. The average Bonchev–Trinajstić information content (AvgIpc) is 2.27. The summed E-state index contributed by atoms with van der Waals surface area (Å²) in [5, 5.41) is 0. The summed E-state index contributed by atoms with van der Waals surface area (Å²) in [5.74, 6) is 0.563. The Morgan fingerprint density at radius 3 is 1.95 bits per heavy atom. The van der Waals surface area contributed by atoms with Crippen LogP contribution in [0.25, 0.3) is 0 Å². The van der Waals surface area contributed by atoms with Gasteiger partial charge in [-0.1, -0.05) is 0 Å². The topological polar surface area (TPSA) is 45.0 Å². The van der Waals surface area contributed by atoms with Gasteiger partial charge in [0.2, 0.25) is 5.96 Å². The summed E-state index contributed by atoms with van der Waals surface area (Å²) in [7, 11) is 0. The number of halogens is 1. The Hall–Kier alpha value is -1.23. The zero-order valence-electron chi connectivity index (χ0n) is 12.9. The van der Waals surface area contributed by atoms with Crippen LogP contribution in [0, 0.1) is 0 Å². The summed E-state index contributed by atoms with van der Waals surface area (Å²) in [4.78, 5) is 20.3. The lowest BCUT2D eigenvalue weighted by Crippen LogP contribution is -2.39. The molecule has 1 rings (SSSR count). The van der Waals surface area contributed by atoms with Gasteiger partial charge in [0.1, 0.15) is 0 Å². The SMILES string of the molecule is CC(C)(C)N=C(N=C1C=CC(=O)C=C1)N(Br)C(C)(C)C. The number of nitrogens with zero attached hydrogens (tertiary/aromatic N) is 3. The van der Waals surface area contributed by atoms with E-state index in [2.05, 4.69) is 46.9 Å². The van der Waals surface area contributed by atoms with Crippen molar-refractivity contribution in [2.45, 2.75) is 52.6 Å². The molecule has 0 unspecified atom stereocenters. The van der Waals surface area contributed by atoms with Crippen molar-refractivity contribution in [3.05, 3.63) is 24.3 Å². The second-order valence-electron chi connectivity index (χ2n) is 6.64. The van der Waals surface area contributed by atoms with Gasteiger partial charge in [-0.15, -0.1) is 0 Å². The molecule has 0 fully saturated rings. The highest BCUT2D eigenvalue weighted by Gasteiger charge is 2.24. The second kappa shape index (κ2) is 6.04. The zero-order chi connectivity index (χ0) is 15.6. The summed E-state index contributed by atoms with van der Waals surface area (Å²) in [6, 6.07) is 0. The monoisotopic (exact) mass is 339 g/mol. The van der Waals surface area contributed by atoms with E-state index in [0.717, 1.165) is 0 Å². The van der Waals surface area contributed by atoms with E-state index in [4.69, 9.17) is 0 Å². The van der Waals surface area contributed by atoms with E-state index in [9.17, 15) is 4.79 Å². The fraction of sp³-hybridized carbons (Fsp3) is 0.533. The molecule has 0 aliphatic heterocycles. The van der Waals surface area contributed by atoms with E-state index in [0.29, 0.717) is 11.7 Å². The van der Waals surface area contributed by atoms with Crippen molar-refractivity contribution in [3.8, 4) is 0 Å². The van der Waals surface area contributed by atoms with Crippen LogP contribution in [0.2, 0.25) is 0 Å². The third-order valence-electron chi connectivity index (χ3n) is 2.27. The van der Waals surface area contributed by atoms with E-state index < -0.39 is 0 Å². The number of rotatable bonds is 0. The Balaban J connectivity index is 3.17. The lowest BCUT2D eigenvalue weighted by atomic mass is 10.1. The largest absolute Gasteiger partial charge is 0.290 e. The number of aliphatic imine (C=N–C) groups is 2. The molecule has 5 heteroatoms. The smallest absolute Gasteiger partial charge is 0.232 e. The fourth-order valence-electron chi connectivity index (χ4n) is 1.35. The molecule has 0 saturated carbocycles. The van der Waals surface area contributed by atoms with Crippen LogP contribution < -0.4 is 0 Å². The fourth-order valence-corrected chi connectivity index (χ4v) is 1.51. The van der Waals surface area contributed by atoms with E-state index in [1.807, 2.05) is 24.7 Å². The minimum absolute atomic E-state index is 0.0234. The molecule has 0 aromatic carbocycles. The summed E-state index contributed by atoms with van der Waals surface area (Å²) in [5.41, 5.74) is 0.307. The lowest BCUT2D eigenvalue weighted by molar-refractivity contribution is -0.110. The van der Waals surface area contributed by atoms with Crippen molar-refractivity contribution < 1.29 is 4.79 Å². The van der Waals surface area contributed by atoms with Gasteiger partial charge in [0.15, 0.2) is 5.78 Å². The first-order valence-electron chi connectivity index (χ1n) is 6.54. The second-order valence-corrected chi connectivity index (χ2v) is 7.35. The summed E-state index contributed by atoms with van der Waals surface area (Å²) >= 11 is 3.54. The zero-order valence-corrected chi connectivity index (χ0v) is 14.5. The van der Waals surface area contributed by atoms with E-state index in [-0.39, 0.29) is 16.9 Å². The van der Waals surface area contributed by atoms with Gasteiger partial charge in [0, 0.05) is 5.54 Å². The van der Waals surface area contributed by atoms with Gasteiger partial charge in [-0.25, -0.2) is 9.98 Å². The van der Waals surface area contributed by atoms with E-state index >= 15 is 0 Å². The molecule has 0 bridgehead atoms. The van der Waals surface area contributed by atoms with Crippen molar-refractivity contribution in [2.24, 2.45) is 9.98 Å². The van der Waals surface area contributed by atoms with Gasteiger partial charge >= 0.3 is 0 Å². The predicted octanol–water partition coefficient (Wildman–Crippen LogP) is 3.69. The molecule has 0 aromatic heterocycles. The molecule has 0 atom stereocenters. The number of hydrogen-bond acceptors (Lipinski definition) is 2. The highest BCUT2D eigenvalue weighted by molar-refractivity contribution is 9.07. The summed E-state index contributed by atoms with van der Waals surface area (Å²) in [6.45, 7) is 12.3. The number of carbonyl (C=O) groups is 1. The highest BCUT2D eigenvalue weighted by Crippen LogP contribution is 2.22. The first-order valence-corrected chi connectivity index (χ1v) is 7.25. The number of hydrogen-bond donors (Lipinski definition) is 0. The van der Waals surface area contributed by atoms with Gasteiger partial charge in [-0.05, 0) is 65.8 Å². The predicted molar refractivity (Wildman–Crippen MR) is 88.4 cm³/mol. The molecule has 0 saturated heterocycles. The van der Waals surface area contributed by atoms with Crippen molar-refractivity contribution in [2.75, 3.05) is 0 Å². The number of carbonyl (C=O) groups excluding carboxylic acids is 1. The lowest BCUT2D eigenvalue weighted by Gasteiger charge is -2.31. The number of guanidine groups is 1. The summed E-state index contributed by atoms with van der Waals surface area (Å²) in [6.07, 6.45) is 6.40. The molecule has 1 aliphatic carbocycles. The van der Waals surface area contributed by atoms with Gasteiger partial charge < -0.3 is 0 Å². The van der Waals surface area contributed by atoms with E-state index in [1.54, 1.807) is 12.2 Å². The first-order chi connectivity index (χ1) is 8.99. The molecule has 0 aromatic rings. The quantitative estimate of drug-likeness (QED) is 0.292. The minimum atomic E-state index is -0.241. The molecule has 20 heavy (non-hydrogen) atoms. The molecule has 110 valence electrons. The highest BCUT2D eigenvalue weighted by atomic mass is 79.9. The maximum absolute atomic E-state index is 11.1. The normalized spacial score (nSPS) is 16.6. The molecular weight excluding hydrogens is 318 g/mol. The molecule has 4 nitrogen and oxygen atoms in total. The van der Waals surface area contributed by atoms with Crippen LogP contribution in [-0.2, 0) is 4.79 Å². The molecule has 0 radical (unpaired) electrons. The van der Waals surface area contributed by atoms with Crippen molar-refractivity contribution >= 4 is 33.6 Å². The van der Waals surface area contributed by atoms with Crippen molar-refractivity contribution in [3.63, 3.8) is 0 Å². The Morgan fingerprint density at radius 1 is 1.05 bits per heavy atom. The van der Waals surface area contributed by atoms with Gasteiger partial charge in [-0.2, -0.15) is 0 Å². The molecule has 0 heterocycles. The van der Waals surface area contributed by atoms with Crippen LogP contribution in [-0.4, -0.2) is 32.5 Å². The van der Waals surface area contributed by atoms with Gasteiger partial charge in [-0.3, -0.25) is 8.72 Å². The Morgan fingerprint density at radius 2 is 1.55 bits per heavy atom. The minimum Gasteiger partial charge on any atom is -0.290 e. The third kappa shape index (κ3) is 5.41. The van der Waals surface area contributed by atoms with Crippen LogP contribution in [0.5, 0.6) is 0 Å². The Labute approximate surface area is 129 Å². The number of ketones is 1. The van der Waals surface area contributed by atoms with Crippen LogP contribution >= 0.6 is 16.1 Å². The molecule has 0 N–H and O–H groups in total. The molecule has 1 aliphatic rings. The summed E-state index contributed by atoms with van der Waals surface area (Å²) < 4.78 is 1.86. The van der Waals surface area contributed by atoms with E-state index in [1.165, 1.54) is 12.2 Å². The number of allylic oxidation sites excluding steroid dienone is 4. The van der Waals surface area contributed by atoms with Crippen molar-refractivity contribution in [1.29, 1.82) is 0 Å². The Kier molecular flexibility index (Phi) is 5.08.